The maximum atomic E-state index is 12.7. The Morgan fingerprint density at radius 3 is 2.82 bits per heavy atom. The van der Waals surface area contributed by atoms with Crippen molar-refractivity contribution in [2.45, 2.75) is 18.2 Å². The number of carbonyl (C=O) groups is 1. The molecule has 0 aliphatic rings. The normalized spacial score (nSPS) is 12.8. The summed E-state index contributed by atoms with van der Waals surface area (Å²) in [4.78, 5) is 24.5. The molecule has 0 aliphatic carbocycles. The zero-order valence-corrected chi connectivity index (χ0v) is 16.1. The highest BCUT2D eigenvalue weighted by molar-refractivity contribution is 7.79. The standard InChI is InChI=1S/C19H19N5O3S/c1-11(20)8-16(21-2)18(25)15-10-22-19-14(15)6-7-17(24-19)23-12-4-3-5-13(9-12)28(26)27/h3-7,9-10,20H,8H2,1-2H3,(H,26,27)(H2,22,23,24). The van der Waals surface area contributed by atoms with Crippen LogP contribution < -0.4 is 5.32 Å². The van der Waals surface area contributed by atoms with Crippen LogP contribution in [0.5, 0.6) is 0 Å². The molecule has 4 N–H and O–H groups in total. The molecule has 2 heterocycles. The molecule has 28 heavy (non-hydrogen) atoms. The van der Waals surface area contributed by atoms with Crippen LogP contribution >= 0.6 is 0 Å². The van der Waals surface area contributed by atoms with Gasteiger partial charge in [-0.3, -0.25) is 9.79 Å². The second-order valence-electron chi connectivity index (χ2n) is 6.15. The molecule has 3 aromatic rings. The lowest BCUT2D eigenvalue weighted by atomic mass is 10.0. The highest BCUT2D eigenvalue weighted by Gasteiger charge is 2.18. The Labute approximate surface area is 163 Å². The first-order valence-corrected chi connectivity index (χ1v) is 9.50. The van der Waals surface area contributed by atoms with Gasteiger partial charge in [-0.1, -0.05) is 6.07 Å². The molecule has 1 aromatic carbocycles. The van der Waals surface area contributed by atoms with Crippen molar-refractivity contribution in [2.24, 2.45) is 4.99 Å². The molecule has 0 aliphatic heterocycles. The van der Waals surface area contributed by atoms with Crippen molar-refractivity contribution in [1.29, 1.82) is 5.41 Å². The van der Waals surface area contributed by atoms with Crippen molar-refractivity contribution in [3.05, 3.63) is 48.2 Å². The van der Waals surface area contributed by atoms with Crippen LogP contribution in [0.15, 0.2) is 52.5 Å². The number of carbonyl (C=O) groups excluding carboxylic acids is 1. The fourth-order valence-electron chi connectivity index (χ4n) is 2.76. The summed E-state index contributed by atoms with van der Waals surface area (Å²) < 4.78 is 20.4. The lowest BCUT2D eigenvalue weighted by Gasteiger charge is -2.07. The zero-order valence-electron chi connectivity index (χ0n) is 15.3. The van der Waals surface area contributed by atoms with Crippen LogP contribution in [0.25, 0.3) is 11.0 Å². The number of rotatable bonds is 7. The number of benzene rings is 1. The number of nitrogens with one attached hydrogen (secondary N) is 3. The average Bonchev–Trinajstić information content (AvgIpc) is 3.08. The summed E-state index contributed by atoms with van der Waals surface area (Å²) in [6.45, 7) is 1.63. The van der Waals surface area contributed by atoms with E-state index in [0.29, 0.717) is 39.5 Å². The number of hydrogen-bond acceptors (Lipinski definition) is 6. The van der Waals surface area contributed by atoms with Gasteiger partial charge in [0.2, 0.25) is 5.78 Å². The molecule has 2 aromatic heterocycles. The largest absolute Gasteiger partial charge is 0.345 e. The van der Waals surface area contributed by atoms with E-state index in [1.54, 1.807) is 56.6 Å². The summed E-state index contributed by atoms with van der Waals surface area (Å²) in [5, 5.41) is 11.3. The first-order valence-electron chi connectivity index (χ1n) is 8.39. The van der Waals surface area contributed by atoms with Crippen LogP contribution in [0.2, 0.25) is 0 Å². The van der Waals surface area contributed by atoms with Gasteiger partial charge in [0.1, 0.15) is 11.5 Å². The predicted molar refractivity (Wildman–Crippen MR) is 111 cm³/mol. The van der Waals surface area contributed by atoms with Crippen molar-refractivity contribution >= 4 is 50.8 Å². The van der Waals surface area contributed by atoms with Crippen molar-refractivity contribution < 1.29 is 13.6 Å². The van der Waals surface area contributed by atoms with Crippen LogP contribution in [-0.4, -0.2) is 43.0 Å². The molecule has 0 radical (unpaired) electrons. The van der Waals surface area contributed by atoms with Crippen LogP contribution in [0, 0.1) is 5.41 Å². The van der Waals surface area contributed by atoms with Gasteiger partial charge in [-0.15, -0.1) is 0 Å². The number of hydrogen-bond donors (Lipinski definition) is 4. The van der Waals surface area contributed by atoms with Crippen molar-refractivity contribution in [3.8, 4) is 0 Å². The first-order chi connectivity index (χ1) is 13.4. The molecular weight excluding hydrogens is 378 g/mol. The summed E-state index contributed by atoms with van der Waals surface area (Å²) in [7, 11) is 1.54. The molecular formula is C19H19N5O3S. The van der Waals surface area contributed by atoms with E-state index in [2.05, 4.69) is 20.3 Å². The van der Waals surface area contributed by atoms with E-state index in [0.717, 1.165) is 0 Å². The van der Waals surface area contributed by atoms with Gasteiger partial charge in [0.25, 0.3) is 0 Å². The molecule has 0 saturated heterocycles. The van der Waals surface area contributed by atoms with E-state index < -0.39 is 11.1 Å². The molecule has 9 heteroatoms. The van der Waals surface area contributed by atoms with Crippen molar-refractivity contribution in [3.63, 3.8) is 0 Å². The van der Waals surface area contributed by atoms with Crippen LogP contribution in [0.3, 0.4) is 0 Å². The monoisotopic (exact) mass is 397 g/mol. The van der Waals surface area contributed by atoms with Gasteiger partial charge in [-0.2, -0.15) is 0 Å². The van der Waals surface area contributed by atoms with Crippen molar-refractivity contribution in [1.82, 2.24) is 9.97 Å². The fourth-order valence-corrected chi connectivity index (χ4v) is 3.18. The quantitative estimate of drug-likeness (QED) is 0.275. The Hall–Kier alpha value is -3.17. The molecule has 0 saturated carbocycles. The highest BCUT2D eigenvalue weighted by atomic mass is 32.2. The number of aliphatic imine (C=N–C) groups is 1. The molecule has 1 atom stereocenters. The minimum atomic E-state index is -2.06. The lowest BCUT2D eigenvalue weighted by Crippen LogP contribution is -2.17. The number of ketones is 1. The summed E-state index contributed by atoms with van der Waals surface area (Å²) in [6.07, 6.45) is 1.79. The smallest absolute Gasteiger partial charge is 0.209 e. The third-order valence-electron chi connectivity index (χ3n) is 4.06. The molecule has 8 nitrogen and oxygen atoms in total. The number of anilines is 2. The third kappa shape index (κ3) is 4.21. The molecule has 1 unspecified atom stereocenters. The van der Waals surface area contributed by atoms with Gasteiger partial charge < -0.3 is 20.3 Å². The minimum absolute atomic E-state index is 0.206. The zero-order chi connectivity index (χ0) is 20.3. The molecule has 144 valence electrons. The van der Waals surface area contributed by atoms with Gasteiger partial charge in [0.05, 0.1) is 16.2 Å². The maximum absolute atomic E-state index is 12.7. The van der Waals surface area contributed by atoms with Gasteiger partial charge >= 0.3 is 0 Å². The molecule has 0 fully saturated rings. The van der Waals surface area contributed by atoms with Crippen LogP contribution in [0.4, 0.5) is 11.5 Å². The van der Waals surface area contributed by atoms with E-state index in [-0.39, 0.29) is 17.1 Å². The number of H-pyrrole nitrogens is 1. The van der Waals surface area contributed by atoms with Crippen LogP contribution in [0.1, 0.15) is 23.7 Å². The van der Waals surface area contributed by atoms with E-state index in [1.165, 1.54) is 0 Å². The second-order valence-corrected chi connectivity index (χ2v) is 7.12. The third-order valence-corrected chi connectivity index (χ3v) is 4.71. The SMILES string of the molecule is CN=C(CC(C)=N)C(=O)c1c[nH]c2nc(Nc3cccc(S(=O)O)c3)ccc12. The Balaban J connectivity index is 1.88. The van der Waals surface area contributed by atoms with Gasteiger partial charge in [-0.05, 0) is 37.3 Å². The Bertz CT molecular complexity index is 1120. The fraction of sp³-hybridized carbons (Fsp3) is 0.158. The molecule has 0 spiro atoms. The summed E-state index contributed by atoms with van der Waals surface area (Å²) in [5.74, 6) is 0.287. The van der Waals surface area contributed by atoms with E-state index in [4.69, 9.17) is 5.41 Å². The number of aromatic nitrogens is 2. The number of fused-ring (bicyclic) bond motifs is 1. The number of aromatic amines is 1. The van der Waals surface area contributed by atoms with E-state index in [1.807, 2.05) is 0 Å². The number of nitrogens with zero attached hydrogens (tertiary/aromatic N) is 2. The summed E-state index contributed by atoms with van der Waals surface area (Å²) >= 11 is -2.06. The first kappa shape index (κ1) is 19.6. The maximum Gasteiger partial charge on any atom is 0.209 e. The van der Waals surface area contributed by atoms with Gasteiger partial charge in [-0.25, -0.2) is 9.19 Å². The molecule has 0 bridgehead atoms. The minimum Gasteiger partial charge on any atom is -0.345 e. The molecule has 3 rings (SSSR count). The van der Waals surface area contributed by atoms with Crippen molar-refractivity contribution in [2.75, 3.05) is 12.4 Å². The second kappa shape index (κ2) is 8.24. The molecule has 0 amide bonds. The van der Waals surface area contributed by atoms with Gasteiger partial charge in [0.15, 0.2) is 11.1 Å². The Kier molecular flexibility index (Phi) is 5.76. The number of Topliss-reactive ketones (excluding diaryl/α,β-unsaturated/α-hetero) is 1. The van der Waals surface area contributed by atoms with E-state index in [9.17, 15) is 13.6 Å². The highest BCUT2D eigenvalue weighted by Crippen LogP contribution is 2.23. The Morgan fingerprint density at radius 2 is 2.14 bits per heavy atom. The van der Waals surface area contributed by atoms with E-state index >= 15 is 0 Å². The van der Waals surface area contributed by atoms with Gasteiger partial charge in [0, 0.05) is 36.5 Å². The lowest BCUT2D eigenvalue weighted by molar-refractivity contribution is 0.106. The predicted octanol–water partition coefficient (Wildman–Crippen LogP) is 3.57. The summed E-state index contributed by atoms with van der Waals surface area (Å²) in [5.41, 5.74) is 2.29. The average molecular weight is 397 g/mol. The number of pyridine rings is 1. The topological polar surface area (TPSA) is 131 Å². The summed E-state index contributed by atoms with van der Waals surface area (Å²) in [6, 6.07) is 10.0. The Morgan fingerprint density at radius 1 is 1.36 bits per heavy atom. The van der Waals surface area contributed by atoms with Crippen LogP contribution in [-0.2, 0) is 11.1 Å².